The summed E-state index contributed by atoms with van der Waals surface area (Å²) in [5.41, 5.74) is 0. The van der Waals surface area contributed by atoms with Crippen LogP contribution in [0.3, 0.4) is 0 Å². The molecule has 0 bridgehead atoms. The molecule has 0 aromatic rings. The van der Waals surface area contributed by atoms with E-state index in [9.17, 15) is 19.8 Å². The van der Waals surface area contributed by atoms with Crippen LogP contribution < -0.4 is 5.32 Å². The Morgan fingerprint density at radius 1 is 0.477 bits per heavy atom. The molecule has 3 unspecified atom stereocenters. The van der Waals surface area contributed by atoms with Crippen molar-refractivity contribution >= 4 is 11.9 Å². The predicted octanol–water partition coefficient (Wildman–Crippen LogP) is 16.5. The van der Waals surface area contributed by atoms with Gasteiger partial charge in [-0.2, -0.15) is 0 Å². The van der Waals surface area contributed by atoms with Crippen LogP contribution in [0.25, 0.3) is 0 Å². The molecule has 65 heavy (non-hydrogen) atoms. The molecule has 0 saturated carbocycles. The smallest absolute Gasteiger partial charge is 0.306 e. The van der Waals surface area contributed by atoms with E-state index in [4.69, 9.17) is 4.74 Å². The molecule has 0 aromatic heterocycles. The lowest BCUT2D eigenvalue weighted by molar-refractivity contribution is -0.151. The maximum atomic E-state index is 13.2. The van der Waals surface area contributed by atoms with Gasteiger partial charge in [-0.05, 0) is 70.6 Å². The Hall–Kier alpha value is -3.22. The van der Waals surface area contributed by atoms with Gasteiger partial charge in [0, 0.05) is 6.42 Å². The average Bonchev–Trinajstić information content (AvgIpc) is 3.30. The van der Waals surface area contributed by atoms with Crippen molar-refractivity contribution in [3.05, 3.63) is 97.2 Å². The lowest BCUT2D eigenvalue weighted by Crippen LogP contribution is -2.46. The summed E-state index contributed by atoms with van der Waals surface area (Å²) in [4.78, 5) is 26.2. The minimum Gasteiger partial charge on any atom is -0.462 e. The van der Waals surface area contributed by atoms with Crippen molar-refractivity contribution in [2.75, 3.05) is 6.61 Å². The van der Waals surface area contributed by atoms with E-state index in [1.54, 1.807) is 0 Å². The number of allylic oxidation sites excluding steroid dienone is 16. The van der Waals surface area contributed by atoms with Crippen molar-refractivity contribution < 1.29 is 24.5 Å². The molecular weight excluding hydrogens is 803 g/mol. The van der Waals surface area contributed by atoms with Gasteiger partial charge >= 0.3 is 5.97 Å². The summed E-state index contributed by atoms with van der Waals surface area (Å²) in [6.45, 7) is 6.29. The van der Waals surface area contributed by atoms with Crippen LogP contribution in [0.2, 0.25) is 0 Å². The summed E-state index contributed by atoms with van der Waals surface area (Å²) in [6.07, 6.45) is 69.0. The van der Waals surface area contributed by atoms with Gasteiger partial charge in [0.15, 0.2) is 0 Å². The zero-order valence-electron chi connectivity index (χ0n) is 42.3. The highest BCUT2D eigenvalue weighted by Gasteiger charge is 2.24. The van der Waals surface area contributed by atoms with Crippen molar-refractivity contribution in [1.82, 2.24) is 5.32 Å². The largest absolute Gasteiger partial charge is 0.462 e. The van der Waals surface area contributed by atoms with E-state index < -0.39 is 18.2 Å². The molecule has 0 heterocycles. The van der Waals surface area contributed by atoms with E-state index in [2.05, 4.69) is 62.5 Å². The van der Waals surface area contributed by atoms with Crippen molar-refractivity contribution in [3.63, 3.8) is 0 Å². The monoisotopic (exact) mass is 904 g/mol. The molecule has 0 fully saturated rings. The van der Waals surface area contributed by atoms with E-state index in [0.29, 0.717) is 19.3 Å². The standard InChI is InChI=1S/C59H101NO5/c1-4-7-10-13-16-19-22-25-27-28-29-30-32-34-37-40-43-46-49-52-59(64)65-55(50-47-44-41-38-35-33-31-26-23-20-17-14-11-8-5-2)53-58(63)60-56(54-61)57(62)51-48-45-42-39-36-24-21-18-15-12-9-6-3/h8,11,14,16-17,19-20,23,25-27,31,33,35,38,41,55-57,61-62H,4-7,9-10,12-13,15,18,21-22,24,28-30,32,34,36-37,39-40,42-54H2,1-3H3,(H,60,63)/b11-8-,17-14+,19-16-,23-20+,27-25-,31-26-,35-33+,41-38+. The molecule has 0 saturated heterocycles. The van der Waals surface area contributed by atoms with Crippen LogP contribution in [0.5, 0.6) is 0 Å². The van der Waals surface area contributed by atoms with Crippen molar-refractivity contribution in [2.45, 2.75) is 257 Å². The molecule has 0 aliphatic heterocycles. The molecule has 0 aliphatic rings. The van der Waals surface area contributed by atoms with E-state index in [1.165, 1.54) is 128 Å². The lowest BCUT2D eigenvalue weighted by atomic mass is 10.0. The topological polar surface area (TPSA) is 95.9 Å². The summed E-state index contributed by atoms with van der Waals surface area (Å²) < 4.78 is 5.91. The third-order valence-corrected chi connectivity index (χ3v) is 11.8. The molecule has 0 aliphatic carbocycles. The first-order valence-corrected chi connectivity index (χ1v) is 27.0. The maximum absolute atomic E-state index is 13.2. The minimum absolute atomic E-state index is 0.0202. The first-order chi connectivity index (χ1) is 32.0. The molecule has 372 valence electrons. The van der Waals surface area contributed by atoms with Crippen LogP contribution in [0.1, 0.15) is 239 Å². The van der Waals surface area contributed by atoms with Gasteiger partial charge in [0.2, 0.25) is 5.91 Å². The molecule has 0 aromatic carbocycles. The normalized spacial score (nSPS) is 14.0. The van der Waals surface area contributed by atoms with Crippen LogP contribution in [0.4, 0.5) is 0 Å². The highest BCUT2D eigenvalue weighted by molar-refractivity contribution is 5.77. The summed E-state index contributed by atoms with van der Waals surface area (Å²) in [6, 6.07) is -0.732. The number of carbonyl (C=O) groups excluding carboxylic acids is 2. The molecular formula is C59H101NO5. The summed E-state index contributed by atoms with van der Waals surface area (Å²) >= 11 is 0. The average molecular weight is 904 g/mol. The highest BCUT2D eigenvalue weighted by Crippen LogP contribution is 2.17. The van der Waals surface area contributed by atoms with Gasteiger partial charge < -0.3 is 20.3 Å². The zero-order chi connectivity index (χ0) is 47.4. The number of aliphatic hydroxyl groups is 2. The first kappa shape index (κ1) is 61.8. The van der Waals surface area contributed by atoms with Gasteiger partial charge in [-0.3, -0.25) is 9.59 Å². The first-order valence-electron chi connectivity index (χ1n) is 27.0. The van der Waals surface area contributed by atoms with Gasteiger partial charge in [-0.15, -0.1) is 0 Å². The van der Waals surface area contributed by atoms with Gasteiger partial charge in [0.25, 0.3) is 0 Å². The fraction of sp³-hybridized carbons (Fsp3) is 0.695. The van der Waals surface area contributed by atoms with Crippen molar-refractivity contribution in [2.24, 2.45) is 0 Å². The number of carbonyl (C=O) groups is 2. The van der Waals surface area contributed by atoms with Crippen LogP contribution in [-0.4, -0.2) is 46.9 Å². The molecule has 0 radical (unpaired) electrons. The van der Waals surface area contributed by atoms with E-state index in [-0.39, 0.29) is 24.9 Å². The number of unbranched alkanes of at least 4 members (excludes halogenated alkanes) is 24. The van der Waals surface area contributed by atoms with Crippen molar-refractivity contribution in [3.8, 4) is 0 Å². The second-order valence-corrected chi connectivity index (χ2v) is 18.0. The fourth-order valence-corrected chi connectivity index (χ4v) is 7.73. The maximum Gasteiger partial charge on any atom is 0.306 e. The SMILES string of the molecule is CC\C=C/C=C/C=C/C=C\C=C\C=C\CCCC(CC(=O)NC(CO)C(O)CCCCCCCCCCCCCC)OC(=O)CCCCCCCCCCC/C=C\C/C=C\CCCCC. The van der Waals surface area contributed by atoms with E-state index in [1.807, 2.05) is 60.8 Å². The summed E-state index contributed by atoms with van der Waals surface area (Å²) in [7, 11) is 0. The highest BCUT2D eigenvalue weighted by atomic mass is 16.5. The van der Waals surface area contributed by atoms with E-state index >= 15 is 0 Å². The van der Waals surface area contributed by atoms with Gasteiger partial charge in [-0.1, -0.05) is 253 Å². The Bertz CT molecular complexity index is 1290. The van der Waals surface area contributed by atoms with Crippen LogP contribution in [0.15, 0.2) is 97.2 Å². The number of hydrogen-bond acceptors (Lipinski definition) is 5. The van der Waals surface area contributed by atoms with E-state index in [0.717, 1.165) is 64.2 Å². The predicted molar refractivity (Wildman–Crippen MR) is 282 cm³/mol. The fourth-order valence-electron chi connectivity index (χ4n) is 7.73. The molecule has 0 rings (SSSR count). The Balaban J connectivity index is 4.69. The summed E-state index contributed by atoms with van der Waals surface area (Å²) in [5, 5.41) is 23.8. The Kier molecular flexibility index (Phi) is 49.2. The molecule has 1 amide bonds. The number of hydrogen-bond donors (Lipinski definition) is 3. The minimum atomic E-state index is -0.813. The zero-order valence-corrected chi connectivity index (χ0v) is 42.3. The number of rotatable bonds is 47. The van der Waals surface area contributed by atoms with Crippen LogP contribution in [-0.2, 0) is 14.3 Å². The number of nitrogens with one attached hydrogen (secondary N) is 1. The molecule has 3 atom stereocenters. The van der Waals surface area contributed by atoms with Gasteiger partial charge in [0.1, 0.15) is 6.10 Å². The third kappa shape index (κ3) is 47.1. The quantitative estimate of drug-likeness (QED) is 0.0245. The molecule has 3 N–H and O–H groups in total. The van der Waals surface area contributed by atoms with Gasteiger partial charge in [0.05, 0.1) is 25.2 Å². The number of esters is 1. The Labute approximate surface area is 401 Å². The molecule has 0 spiro atoms. The second kappa shape index (κ2) is 51.8. The number of aliphatic hydroxyl groups excluding tert-OH is 2. The second-order valence-electron chi connectivity index (χ2n) is 18.0. The third-order valence-electron chi connectivity index (χ3n) is 11.8. The number of ether oxygens (including phenoxy) is 1. The lowest BCUT2D eigenvalue weighted by Gasteiger charge is -2.24. The Morgan fingerprint density at radius 3 is 1.43 bits per heavy atom. The van der Waals surface area contributed by atoms with Crippen LogP contribution >= 0.6 is 0 Å². The number of amides is 1. The molecule has 6 heteroatoms. The van der Waals surface area contributed by atoms with Crippen molar-refractivity contribution in [1.29, 1.82) is 0 Å². The Morgan fingerprint density at radius 2 is 0.908 bits per heavy atom. The molecule has 6 nitrogen and oxygen atoms in total. The van der Waals surface area contributed by atoms with Gasteiger partial charge in [-0.25, -0.2) is 0 Å². The summed E-state index contributed by atoms with van der Waals surface area (Å²) in [5.74, 6) is -0.557. The van der Waals surface area contributed by atoms with Crippen LogP contribution in [0, 0.1) is 0 Å².